The zero-order valence-electron chi connectivity index (χ0n) is 12.1. The normalized spacial score (nSPS) is 22.0. The maximum atomic E-state index is 12.5. The monoisotopic (exact) mass is 306 g/mol. The van der Waals surface area contributed by atoms with E-state index in [1.54, 1.807) is 12.1 Å². The second kappa shape index (κ2) is 6.31. The molecule has 7 heteroatoms. The summed E-state index contributed by atoms with van der Waals surface area (Å²) in [5.74, 6) is -0.838. The van der Waals surface area contributed by atoms with Gasteiger partial charge in [0.2, 0.25) is 5.88 Å². The summed E-state index contributed by atoms with van der Waals surface area (Å²) >= 11 is 0. The molecule has 1 aromatic heterocycles. The van der Waals surface area contributed by atoms with Gasteiger partial charge < -0.3 is 19.5 Å². The van der Waals surface area contributed by atoms with E-state index >= 15 is 0 Å². The Morgan fingerprint density at radius 1 is 1.41 bits per heavy atom. The van der Waals surface area contributed by atoms with Gasteiger partial charge >= 0.3 is 5.97 Å². The van der Waals surface area contributed by atoms with Crippen LogP contribution in [0.25, 0.3) is 0 Å². The lowest BCUT2D eigenvalue weighted by molar-refractivity contribution is -0.154. The van der Waals surface area contributed by atoms with Crippen LogP contribution in [0.5, 0.6) is 5.88 Å². The van der Waals surface area contributed by atoms with Gasteiger partial charge in [-0.3, -0.25) is 4.79 Å². The number of carbonyl (C=O) groups excluding carboxylic acids is 1. The van der Waals surface area contributed by atoms with Crippen LogP contribution in [0.1, 0.15) is 29.6 Å². The molecular weight excluding hydrogens is 288 g/mol. The van der Waals surface area contributed by atoms with E-state index in [2.05, 4.69) is 4.98 Å². The number of aromatic nitrogens is 1. The van der Waals surface area contributed by atoms with Gasteiger partial charge in [0.25, 0.3) is 5.91 Å². The SMILES string of the molecule is O=C(O)C1CN(C(=O)c2ccnc(OC3CCC3)c2)CCO1. The van der Waals surface area contributed by atoms with Gasteiger partial charge in [-0.1, -0.05) is 0 Å². The highest BCUT2D eigenvalue weighted by Gasteiger charge is 2.29. The van der Waals surface area contributed by atoms with Gasteiger partial charge in [-0.15, -0.1) is 0 Å². The fourth-order valence-electron chi connectivity index (χ4n) is 2.43. The molecule has 1 N–H and O–H groups in total. The minimum absolute atomic E-state index is 0.0509. The van der Waals surface area contributed by atoms with Crippen molar-refractivity contribution in [1.82, 2.24) is 9.88 Å². The molecule has 2 fully saturated rings. The minimum Gasteiger partial charge on any atom is -0.479 e. The molecule has 1 saturated carbocycles. The lowest BCUT2D eigenvalue weighted by atomic mass is 9.96. The lowest BCUT2D eigenvalue weighted by Crippen LogP contribution is -2.48. The zero-order valence-corrected chi connectivity index (χ0v) is 12.1. The summed E-state index contributed by atoms with van der Waals surface area (Å²) in [5.41, 5.74) is 0.454. The van der Waals surface area contributed by atoms with Crippen LogP contribution in [0.3, 0.4) is 0 Å². The fraction of sp³-hybridized carbons (Fsp3) is 0.533. The van der Waals surface area contributed by atoms with Gasteiger partial charge in [0, 0.05) is 24.4 Å². The molecule has 2 heterocycles. The van der Waals surface area contributed by atoms with Crippen molar-refractivity contribution in [3.05, 3.63) is 23.9 Å². The Hall–Kier alpha value is -2.15. The van der Waals surface area contributed by atoms with Crippen LogP contribution in [-0.2, 0) is 9.53 Å². The molecule has 1 aliphatic heterocycles. The Labute approximate surface area is 127 Å². The molecular formula is C15H18N2O5. The molecule has 1 aromatic rings. The number of pyridine rings is 1. The number of hydrogen-bond acceptors (Lipinski definition) is 5. The molecule has 1 unspecified atom stereocenters. The van der Waals surface area contributed by atoms with E-state index in [-0.39, 0.29) is 25.2 Å². The van der Waals surface area contributed by atoms with Gasteiger partial charge in [0.05, 0.1) is 13.2 Å². The van der Waals surface area contributed by atoms with Crippen molar-refractivity contribution in [1.29, 1.82) is 0 Å². The van der Waals surface area contributed by atoms with Crippen molar-refractivity contribution in [2.24, 2.45) is 0 Å². The number of carbonyl (C=O) groups is 2. The number of carboxylic acid groups (broad SMARTS) is 1. The highest BCUT2D eigenvalue weighted by molar-refractivity contribution is 5.94. The summed E-state index contributed by atoms with van der Waals surface area (Å²) in [5, 5.41) is 8.99. The van der Waals surface area contributed by atoms with E-state index in [1.807, 2.05) is 0 Å². The highest BCUT2D eigenvalue weighted by atomic mass is 16.5. The molecule has 1 atom stereocenters. The van der Waals surface area contributed by atoms with E-state index in [1.165, 1.54) is 11.1 Å². The second-order valence-electron chi connectivity index (χ2n) is 5.50. The number of hydrogen-bond donors (Lipinski definition) is 1. The van der Waals surface area contributed by atoms with E-state index in [9.17, 15) is 9.59 Å². The summed E-state index contributed by atoms with van der Waals surface area (Å²) < 4.78 is 10.8. The first-order valence-electron chi connectivity index (χ1n) is 7.40. The van der Waals surface area contributed by atoms with Crippen LogP contribution in [0, 0.1) is 0 Å². The highest BCUT2D eigenvalue weighted by Crippen LogP contribution is 2.24. The molecule has 1 aliphatic carbocycles. The molecule has 7 nitrogen and oxygen atoms in total. The molecule has 2 aliphatic rings. The Kier molecular flexibility index (Phi) is 4.24. The Bertz CT molecular complexity index is 573. The van der Waals surface area contributed by atoms with Gasteiger partial charge in [0.1, 0.15) is 6.10 Å². The molecule has 0 bridgehead atoms. The Morgan fingerprint density at radius 3 is 2.91 bits per heavy atom. The van der Waals surface area contributed by atoms with Crippen molar-refractivity contribution in [3.8, 4) is 5.88 Å². The van der Waals surface area contributed by atoms with E-state index < -0.39 is 12.1 Å². The van der Waals surface area contributed by atoms with Crippen molar-refractivity contribution < 1.29 is 24.2 Å². The second-order valence-corrected chi connectivity index (χ2v) is 5.50. The van der Waals surface area contributed by atoms with Crippen LogP contribution in [0.4, 0.5) is 0 Å². The number of aliphatic carboxylic acids is 1. The average molecular weight is 306 g/mol. The van der Waals surface area contributed by atoms with Crippen LogP contribution in [0.2, 0.25) is 0 Å². The smallest absolute Gasteiger partial charge is 0.334 e. The number of ether oxygens (including phenoxy) is 2. The van der Waals surface area contributed by atoms with Gasteiger partial charge in [-0.25, -0.2) is 9.78 Å². The van der Waals surface area contributed by atoms with Crippen molar-refractivity contribution in [3.63, 3.8) is 0 Å². The minimum atomic E-state index is -1.05. The third kappa shape index (κ3) is 3.19. The molecule has 0 radical (unpaired) electrons. The first-order valence-corrected chi connectivity index (χ1v) is 7.40. The van der Waals surface area contributed by atoms with Gasteiger partial charge in [-0.2, -0.15) is 0 Å². The maximum absolute atomic E-state index is 12.5. The summed E-state index contributed by atoms with van der Waals surface area (Å²) in [7, 11) is 0. The fourth-order valence-corrected chi connectivity index (χ4v) is 2.43. The third-order valence-electron chi connectivity index (χ3n) is 3.95. The molecule has 118 valence electrons. The Morgan fingerprint density at radius 2 is 2.23 bits per heavy atom. The molecule has 0 aromatic carbocycles. The van der Waals surface area contributed by atoms with Crippen LogP contribution in [0.15, 0.2) is 18.3 Å². The molecule has 1 saturated heterocycles. The summed E-state index contributed by atoms with van der Waals surface area (Å²) in [6.45, 7) is 0.651. The largest absolute Gasteiger partial charge is 0.479 e. The quantitative estimate of drug-likeness (QED) is 0.890. The molecule has 1 amide bonds. The number of rotatable bonds is 4. The van der Waals surface area contributed by atoms with Gasteiger partial charge in [0.15, 0.2) is 6.10 Å². The topological polar surface area (TPSA) is 89.0 Å². The standard InChI is InChI=1S/C15H18N2O5/c18-14(17-6-7-21-12(9-17)15(19)20)10-4-5-16-13(8-10)22-11-2-1-3-11/h4-5,8,11-12H,1-3,6-7,9H2,(H,19,20). The van der Waals surface area contributed by atoms with Crippen LogP contribution in [-0.4, -0.2) is 58.8 Å². The predicted octanol–water partition coefficient (Wildman–Crippen LogP) is 0.938. The molecule has 22 heavy (non-hydrogen) atoms. The van der Waals surface area contributed by atoms with Crippen molar-refractivity contribution in [2.75, 3.05) is 19.7 Å². The molecule has 0 spiro atoms. The number of nitrogens with zero attached hydrogens (tertiary/aromatic N) is 2. The Balaban J connectivity index is 1.68. The van der Waals surface area contributed by atoms with Crippen LogP contribution >= 0.6 is 0 Å². The number of amides is 1. The maximum Gasteiger partial charge on any atom is 0.334 e. The zero-order chi connectivity index (χ0) is 15.5. The third-order valence-corrected chi connectivity index (χ3v) is 3.95. The number of carboxylic acids is 1. The molecule has 3 rings (SSSR count). The first kappa shape index (κ1) is 14.8. The van der Waals surface area contributed by atoms with Crippen molar-refractivity contribution in [2.45, 2.75) is 31.5 Å². The summed E-state index contributed by atoms with van der Waals surface area (Å²) in [6.07, 6.45) is 3.96. The van der Waals surface area contributed by atoms with E-state index in [0.29, 0.717) is 18.0 Å². The van der Waals surface area contributed by atoms with E-state index in [0.717, 1.165) is 19.3 Å². The lowest BCUT2D eigenvalue weighted by Gasteiger charge is -2.31. The van der Waals surface area contributed by atoms with Crippen molar-refractivity contribution >= 4 is 11.9 Å². The number of morpholine rings is 1. The van der Waals surface area contributed by atoms with Crippen LogP contribution < -0.4 is 4.74 Å². The summed E-state index contributed by atoms with van der Waals surface area (Å²) in [4.78, 5) is 29.1. The first-order chi connectivity index (χ1) is 10.6. The van der Waals surface area contributed by atoms with Gasteiger partial charge in [-0.05, 0) is 25.3 Å². The predicted molar refractivity (Wildman–Crippen MR) is 75.8 cm³/mol. The average Bonchev–Trinajstić information content (AvgIpc) is 2.50. The van der Waals surface area contributed by atoms with E-state index in [4.69, 9.17) is 14.6 Å². The summed E-state index contributed by atoms with van der Waals surface area (Å²) in [6, 6.07) is 3.23.